The number of rotatable bonds is 6. The highest BCUT2D eigenvalue weighted by molar-refractivity contribution is 7.89. The maximum Gasteiger partial charge on any atom is 0.324 e. The SMILES string of the molecule is C#CCNC(=O)COC(=O)[C@@H]1CCCN1S(=O)(=O)c1ccc(Cl)cc1. The molecule has 1 aromatic carbocycles. The molecule has 0 unspecified atom stereocenters. The molecule has 1 fully saturated rings. The molecule has 9 heteroatoms. The summed E-state index contributed by atoms with van der Waals surface area (Å²) in [5.74, 6) is 0.918. The predicted molar refractivity (Wildman–Crippen MR) is 91.2 cm³/mol. The summed E-state index contributed by atoms with van der Waals surface area (Å²) < 4.78 is 31.4. The third-order valence-electron chi connectivity index (χ3n) is 3.63. The average Bonchev–Trinajstić information content (AvgIpc) is 3.09. The van der Waals surface area contributed by atoms with Crippen molar-refractivity contribution in [2.24, 2.45) is 0 Å². The lowest BCUT2D eigenvalue weighted by atomic mass is 10.2. The molecule has 1 amide bonds. The largest absolute Gasteiger partial charge is 0.454 e. The number of esters is 1. The molecule has 0 spiro atoms. The Morgan fingerprint density at radius 1 is 1.36 bits per heavy atom. The molecule has 7 nitrogen and oxygen atoms in total. The van der Waals surface area contributed by atoms with Gasteiger partial charge in [0, 0.05) is 11.6 Å². The summed E-state index contributed by atoms with van der Waals surface area (Å²) in [7, 11) is -3.86. The lowest BCUT2D eigenvalue weighted by Crippen LogP contribution is -2.42. The van der Waals surface area contributed by atoms with Crippen LogP contribution in [0.4, 0.5) is 0 Å². The van der Waals surface area contributed by atoms with E-state index in [1.807, 2.05) is 0 Å². The van der Waals surface area contributed by atoms with Crippen molar-refractivity contribution in [1.29, 1.82) is 0 Å². The van der Waals surface area contributed by atoms with Crippen LogP contribution in [0.25, 0.3) is 0 Å². The zero-order valence-corrected chi connectivity index (χ0v) is 14.8. The highest BCUT2D eigenvalue weighted by atomic mass is 35.5. The van der Waals surface area contributed by atoms with Crippen molar-refractivity contribution >= 4 is 33.5 Å². The number of hydrogen-bond donors (Lipinski definition) is 1. The van der Waals surface area contributed by atoms with E-state index in [4.69, 9.17) is 22.8 Å². The molecular weight excluding hydrogens is 368 g/mol. The topological polar surface area (TPSA) is 92.8 Å². The van der Waals surface area contributed by atoms with Crippen LogP contribution in [0.5, 0.6) is 0 Å². The molecule has 2 rings (SSSR count). The molecule has 0 bridgehead atoms. The summed E-state index contributed by atoms with van der Waals surface area (Å²) in [6, 6.07) is 4.74. The number of nitrogens with zero attached hydrogens (tertiary/aromatic N) is 1. The van der Waals surface area contributed by atoms with E-state index in [9.17, 15) is 18.0 Å². The van der Waals surface area contributed by atoms with E-state index in [2.05, 4.69) is 11.2 Å². The van der Waals surface area contributed by atoms with E-state index in [1.165, 1.54) is 24.3 Å². The van der Waals surface area contributed by atoms with Crippen molar-refractivity contribution in [2.75, 3.05) is 19.7 Å². The lowest BCUT2D eigenvalue weighted by Gasteiger charge is -2.22. The van der Waals surface area contributed by atoms with Crippen LogP contribution in [0.1, 0.15) is 12.8 Å². The van der Waals surface area contributed by atoms with Crippen LogP contribution < -0.4 is 5.32 Å². The minimum absolute atomic E-state index is 0.0247. The number of ether oxygens (including phenoxy) is 1. The molecule has 0 aliphatic carbocycles. The Labute approximate surface area is 151 Å². The molecular formula is C16H17ClN2O5S. The first-order valence-electron chi connectivity index (χ1n) is 7.50. The first-order valence-corrected chi connectivity index (χ1v) is 9.32. The molecule has 0 radical (unpaired) electrons. The quantitative estimate of drug-likeness (QED) is 0.578. The smallest absolute Gasteiger partial charge is 0.324 e. The number of amides is 1. The molecule has 1 atom stereocenters. The van der Waals surface area contributed by atoms with E-state index in [0.717, 1.165) is 4.31 Å². The molecule has 1 heterocycles. The minimum atomic E-state index is -3.86. The van der Waals surface area contributed by atoms with Crippen LogP contribution in [0.3, 0.4) is 0 Å². The first-order chi connectivity index (χ1) is 11.9. The molecule has 1 saturated heterocycles. The van der Waals surface area contributed by atoms with Crippen molar-refractivity contribution in [1.82, 2.24) is 9.62 Å². The van der Waals surface area contributed by atoms with Crippen molar-refractivity contribution in [3.63, 3.8) is 0 Å². The van der Waals surface area contributed by atoms with Crippen LogP contribution >= 0.6 is 11.6 Å². The molecule has 1 N–H and O–H groups in total. The molecule has 134 valence electrons. The van der Waals surface area contributed by atoms with Gasteiger partial charge in [-0.25, -0.2) is 8.42 Å². The number of benzene rings is 1. The fraction of sp³-hybridized carbons (Fsp3) is 0.375. The summed E-state index contributed by atoms with van der Waals surface area (Å²) in [6.07, 6.45) is 5.86. The van der Waals surface area contributed by atoms with Crippen molar-refractivity contribution < 1.29 is 22.7 Å². The Kier molecular flexibility index (Phi) is 6.42. The maximum atomic E-state index is 12.7. The molecule has 25 heavy (non-hydrogen) atoms. The number of halogens is 1. The second kappa shape index (κ2) is 8.34. The van der Waals surface area contributed by atoms with Gasteiger partial charge in [0.1, 0.15) is 6.04 Å². The molecule has 1 aliphatic rings. The van der Waals surface area contributed by atoms with Gasteiger partial charge in [-0.2, -0.15) is 4.31 Å². The van der Waals surface area contributed by atoms with Gasteiger partial charge in [-0.05, 0) is 37.1 Å². The summed E-state index contributed by atoms with van der Waals surface area (Å²) in [4.78, 5) is 23.7. The monoisotopic (exact) mass is 384 g/mol. The summed E-state index contributed by atoms with van der Waals surface area (Å²) in [5, 5.41) is 2.77. The van der Waals surface area contributed by atoms with Gasteiger partial charge in [-0.1, -0.05) is 17.5 Å². The number of hydrogen-bond acceptors (Lipinski definition) is 5. The third kappa shape index (κ3) is 4.72. The van der Waals surface area contributed by atoms with Crippen molar-refractivity contribution in [2.45, 2.75) is 23.8 Å². The van der Waals surface area contributed by atoms with Gasteiger partial charge >= 0.3 is 5.97 Å². The van der Waals surface area contributed by atoms with E-state index in [0.29, 0.717) is 17.9 Å². The fourth-order valence-electron chi connectivity index (χ4n) is 2.44. The van der Waals surface area contributed by atoms with Crippen LogP contribution in [-0.2, 0) is 24.3 Å². The predicted octanol–water partition coefficient (Wildman–Crippen LogP) is 0.786. The summed E-state index contributed by atoms with van der Waals surface area (Å²) in [5.41, 5.74) is 0. The van der Waals surface area contributed by atoms with Gasteiger partial charge in [0.25, 0.3) is 5.91 Å². The van der Waals surface area contributed by atoms with E-state index in [1.54, 1.807) is 0 Å². The van der Waals surface area contributed by atoms with E-state index in [-0.39, 0.29) is 18.0 Å². The number of carbonyl (C=O) groups excluding carboxylic acids is 2. The highest BCUT2D eigenvalue weighted by Gasteiger charge is 2.40. The summed E-state index contributed by atoms with van der Waals surface area (Å²) in [6.45, 7) is -0.281. The zero-order valence-electron chi connectivity index (χ0n) is 13.3. The van der Waals surface area contributed by atoms with Crippen molar-refractivity contribution in [3.05, 3.63) is 29.3 Å². The Bertz CT molecular complexity index is 786. The highest BCUT2D eigenvalue weighted by Crippen LogP contribution is 2.27. The Morgan fingerprint density at radius 2 is 2.04 bits per heavy atom. The van der Waals surface area contributed by atoms with Gasteiger partial charge in [0.15, 0.2) is 6.61 Å². The average molecular weight is 385 g/mol. The molecule has 0 aromatic heterocycles. The van der Waals surface area contributed by atoms with Gasteiger partial charge in [-0.15, -0.1) is 6.42 Å². The normalized spacial score (nSPS) is 17.7. The third-order valence-corrected chi connectivity index (χ3v) is 5.80. The van der Waals surface area contributed by atoms with E-state index >= 15 is 0 Å². The van der Waals surface area contributed by atoms with Gasteiger partial charge < -0.3 is 10.1 Å². The molecule has 0 saturated carbocycles. The van der Waals surface area contributed by atoms with Gasteiger partial charge in [-0.3, -0.25) is 9.59 Å². The van der Waals surface area contributed by atoms with Crippen LogP contribution in [-0.4, -0.2) is 50.3 Å². The number of nitrogens with one attached hydrogen (secondary N) is 1. The zero-order chi connectivity index (χ0) is 18.4. The van der Waals surface area contributed by atoms with Gasteiger partial charge in [0.05, 0.1) is 11.4 Å². The lowest BCUT2D eigenvalue weighted by molar-refractivity contribution is -0.151. The Balaban J connectivity index is 2.06. The molecule has 1 aromatic rings. The van der Waals surface area contributed by atoms with Crippen LogP contribution in [0.2, 0.25) is 5.02 Å². The maximum absolute atomic E-state index is 12.7. The van der Waals surface area contributed by atoms with Crippen LogP contribution in [0.15, 0.2) is 29.2 Å². The number of carbonyl (C=O) groups is 2. The van der Waals surface area contributed by atoms with Crippen molar-refractivity contribution in [3.8, 4) is 12.3 Å². The number of terminal acetylenes is 1. The number of sulfonamides is 1. The first kappa shape index (κ1) is 19.2. The minimum Gasteiger partial charge on any atom is -0.454 e. The Hall–Kier alpha value is -2.08. The standard InChI is InChI=1S/C16H17ClN2O5S/c1-2-9-18-15(20)11-24-16(21)14-4-3-10-19(14)25(22,23)13-7-5-12(17)6-8-13/h1,5-8,14H,3-4,9-11H2,(H,18,20)/t14-/m0/s1. The second-order valence-corrected chi connectivity index (χ2v) is 7.64. The van der Waals surface area contributed by atoms with Gasteiger partial charge in [0.2, 0.25) is 10.0 Å². The second-order valence-electron chi connectivity index (χ2n) is 5.32. The fourth-order valence-corrected chi connectivity index (χ4v) is 4.21. The van der Waals surface area contributed by atoms with Crippen LogP contribution in [0, 0.1) is 12.3 Å². The molecule has 1 aliphatic heterocycles. The summed E-state index contributed by atoms with van der Waals surface area (Å²) >= 11 is 5.77. The Morgan fingerprint density at radius 3 is 2.68 bits per heavy atom. The van der Waals surface area contributed by atoms with E-state index < -0.39 is 34.5 Å².